The van der Waals surface area contributed by atoms with Crippen molar-refractivity contribution in [3.63, 3.8) is 0 Å². The van der Waals surface area contributed by atoms with Crippen molar-refractivity contribution in [3.8, 4) is 0 Å². The minimum Gasteiger partial charge on any atom is -0.336 e. The molecule has 0 heterocycles. The number of anilines is 2. The van der Waals surface area contributed by atoms with Crippen LogP contribution in [0.25, 0.3) is 0 Å². The summed E-state index contributed by atoms with van der Waals surface area (Å²) in [6, 6.07) is 20.3. The van der Waals surface area contributed by atoms with Crippen molar-refractivity contribution in [3.05, 3.63) is 95.1 Å². The fourth-order valence-electron chi connectivity index (χ4n) is 3.24. The molecule has 3 amide bonds. The van der Waals surface area contributed by atoms with Gasteiger partial charge in [0.05, 0.1) is 0 Å². The molecule has 7 nitrogen and oxygen atoms in total. The highest BCUT2D eigenvalue weighted by atomic mass is 16.2. The number of amides is 3. The van der Waals surface area contributed by atoms with Crippen molar-refractivity contribution in [2.45, 2.75) is 26.4 Å². The minimum absolute atomic E-state index is 0.203. The maximum absolute atomic E-state index is 13.2. The Morgan fingerprint density at radius 3 is 2.34 bits per heavy atom. The van der Waals surface area contributed by atoms with E-state index in [4.69, 9.17) is 5.73 Å². The van der Waals surface area contributed by atoms with Crippen LogP contribution in [-0.4, -0.2) is 17.7 Å². The molecule has 0 aliphatic rings. The third kappa shape index (κ3) is 5.80. The van der Waals surface area contributed by atoms with Gasteiger partial charge >= 0.3 is 0 Å². The molecule has 7 heteroatoms. The number of hydrogen-bond acceptors (Lipinski definition) is 4. The monoisotopic (exact) mass is 430 g/mol. The van der Waals surface area contributed by atoms with Gasteiger partial charge in [0, 0.05) is 30.4 Å². The van der Waals surface area contributed by atoms with E-state index in [0.717, 1.165) is 11.1 Å². The van der Waals surface area contributed by atoms with Gasteiger partial charge in [-0.2, -0.15) is 0 Å². The van der Waals surface area contributed by atoms with Crippen LogP contribution in [0.3, 0.4) is 0 Å². The zero-order chi connectivity index (χ0) is 23.1. The predicted octanol–water partition coefficient (Wildman–Crippen LogP) is 3.52. The average Bonchev–Trinajstić information content (AvgIpc) is 2.79. The zero-order valence-electron chi connectivity index (χ0n) is 18.0. The lowest BCUT2D eigenvalue weighted by molar-refractivity contribution is -0.118. The summed E-state index contributed by atoms with van der Waals surface area (Å²) >= 11 is 0. The Kier molecular flexibility index (Phi) is 7.36. The topological polar surface area (TPSA) is 113 Å². The Morgan fingerprint density at radius 1 is 0.906 bits per heavy atom. The molecule has 3 rings (SSSR count). The molecule has 0 aliphatic heterocycles. The summed E-state index contributed by atoms with van der Waals surface area (Å²) in [6.45, 7) is 3.60. The maximum atomic E-state index is 13.2. The third-order valence-electron chi connectivity index (χ3n) is 4.91. The first-order valence-corrected chi connectivity index (χ1v) is 10.2. The number of benzene rings is 3. The number of nitrogens with one attached hydrogen (secondary N) is 3. The van der Waals surface area contributed by atoms with Crippen LogP contribution in [-0.2, 0) is 16.1 Å². The van der Waals surface area contributed by atoms with Crippen LogP contribution in [0.5, 0.6) is 0 Å². The summed E-state index contributed by atoms with van der Waals surface area (Å²) in [5, 5.41) is 8.40. The average molecular weight is 431 g/mol. The molecule has 0 unspecified atom stereocenters. The molecule has 0 saturated heterocycles. The molecular weight excluding hydrogens is 404 g/mol. The van der Waals surface area contributed by atoms with Gasteiger partial charge in [-0.15, -0.1) is 0 Å². The van der Waals surface area contributed by atoms with Gasteiger partial charge in [-0.05, 0) is 47.9 Å². The van der Waals surface area contributed by atoms with Crippen molar-refractivity contribution in [2.24, 2.45) is 5.73 Å². The molecule has 5 N–H and O–H groups in total. The molecule has 0 fully saturated rings. The summed E-state index contributed by atoms with van der Waals surface area (Å²) in [5.74, 6) is -0.991. The van der Waals surface area contributed by atoms with Crippen molar-refractivity contribution in [1.29, 1.82) is 0 Å². The molecule has 3 aromatic carbocycles. The van der Waals surface area contributed by atoms with Gasteiger partial charge in [-0.1, -0.05) is 48.5 Å². The quantitative estimate of drug-likeness (QED) is 0.459. The lowest BCUT2D eigenvalue weighted by Crippen LogP contribution is -2.37. The Balaban J connectivity index is 1.85. The maximum Gasteiger partial charge on any atom is 0.252 e. The van der Waals surface area contributed by atoms with Gasteiger partial charge in [0.2, 0.25) is 5.91 Å². The van der Waals surface area contributed by atoms with Crippen molar-refractivity contribution < 1.29 is 14.4 Å². The SMILES string of the molecule is CC(=O)Nc1cc(NC(=O)[C@H](NC(=O)c2cccc(CN)c2)c2ccccc2)ccc1C. The van der Waals surface area contributed by atoms with Gasteiger partial charge in [0.1, 0.15) is 6.04 Å². The van der Waals surface area contributed by atoms with E-state index in [1.165, 1.54) is 6.92 Å². The van der Waals surface area contributed by atoms with Crippen LogP contribution in [0.1, 0.15) is 40.0 Å². The molecule has 0 spiro atoms. The Morgan fingerprint density at radius 2 is 1.66 bits per heavy atom. The van der Waals surface area contributed by atoms with E-state index in [-0.39, 0.29) is 11.8 Å². The summed E-state index contributed by atoms with van der Waals surface area (Å²) < 4.78 is 0. The number of carbonyl (C=O) groups excluding carboxylic acids is 3. The van der Waals surface area contributed by atoms with Gasteiger partial charge < -0.3 is 21.7 Å². The Bertz CT molecular complexity index is 1130. The fourth-order valence-corrected chi connectivity index (χ4v) is 3.24. The van der Waals surface area contributed by atoms with E-state index >= 15 is 0 Å². The summed E-state index contributed by atoms with van der Waals surface area (Å²) in [5.41, 5.74) is 9.54. The molecule has 3 aromatic rings. The summed E-state index contributed by atoms with van der Waals surface area (Å²) in [4.78, 5) is 37.5. The number of carbonyl (C=O) groups is 3. The third-order valence-corrected chi connectivity index (χ3v) is 4.91. The van der Waals surface area contributed by atoms with Gasteiger partial charge in [0.15, 0.2) is 0 Å². The lowest BCUT2D eigenvalue weighted by atomic mass is 10.0. The highest BCUT2D eigenvalue weighted by Gasteiger charge is 2.24. The van der Waals surface area contributed by atoms with E-state index in [1.807, 2.05) is 19.1 Å². The normalized spacial score (nSPS) is 11.3. The first-order chi connectivity index (χ1) is 15.4. The second kappa shape index (κ2) is 10.4. The van der Waals surface area contributed by atoms with E-state index in [1.54, 1.807) is 60.7 Å². The number of rotatable bonds is 7. The van der Waals surface area contributed by atoms with Gasteiger partial charge in [-0.25, -0.2) is 0 Å². The molecular formula is C25H26N4O3. The van der Waals surface area contributed by atoms with Crippen LogP contribution < -0.4 is 21.7 Å². The van der Waals surface area contributed by atoms with Crippen LogP contribution in [0, 0.1) is 6.92 Å². The van der Waals surface area contributed by atoms with E-state index in [0.29, 0.717) is 29.0 Å². The Labute approximate surface area is 187 Å². The highest BCUT2D eigenvalue weighted by molar-refractivity contribution is 6.02. The number of hydrogen-bond donors (Lipinski definition) is 4. The van der Waals surface area contributed by atoms with Crippen LogP contribution >= 0.6 is 0 Å². The van der Waals surface area contributed by atoms with Crippen LogP contribution in [0.2, 0.25) is 0 Å². The first kappa shape index (κ1) is 22.7. The number of aryl methyl sites for hydroxylation is 1. The fraction of sp³-hybridized carbons (Fsp3) is 0.160. The predicted molar refractivity (Wildman–Crippen MR) is 125 cm³/mol. The molecule has 0 aliphatic carbocycles. The van der Waals surface area contributed by atoms with Gasteiger partial charge in [0.25, 0.3) is 11.8 Å². The summed E-state index contributed by atoms with van der Waals surface area (Å²) in [6.07, 6.45) is 0. The van der Waals surface area contributed by atoms with Crippen molar-refractivity contribution in [1.82, 2.24) is 5.32 Å². The number of nitrogens with two attached hydrogens (primary N) is 1. The first-order valence-electron chi connectivity index (χ1n) is 10.2. The second-order valence-electron chi connectivity index (χ2n) is 7.42. The molecule has 1 atom stereocenters. The minimum atomic E-state index is -0.921. The van der Waals surface area contributed by atoms with Crippen LogP contribution in [0.15, 0.2) is 72.8 Å². The van der Waals surface area contributed by atoms with E-state index in [9.17, 15) is 14.4 Å². The smallest absolute Gasteiger partial charge is 0.252 e. The molecule has 0 aromatic heterocycles. The van der Waals surface area contributed by atoms with E-state index in [2.05, 4.69) is 16.0 Å². The lowest BCUT2D eigenvalue weighted by Gasteiger charge is -2.20. The standard InChI is InChI=1S/C25H26N4O3/c1-16-11-12-21(14-22(16)27-17(2)30)28-25(32)23(19-8-4-3-5-9-19)29-24(31)20-10-6-7-18(13-20)15-26/h3-14,23H,15,26H2,1-2H3,(H,27,30)(H,28,32)(H,29,31)/t23-/m1/s1. The largest absolute Gasteiger partial charge is 0.336 e. The van der Waals surface area contributed by atoms with Crippen molar-refractivity contribution >= 4 is 29.1 Å². The molecule has 0 bridgehead atoms. The second-order valence-corrected chi connectivity index (χ2v) is 7.42. The highest BCUT2D eigenvalue weighted by Crippen LogP contribution is 2.22. The van der Waals surface area contributed by atoms with Gasteiger partial charge in [-0.3, -0.25) is 14.4 Å². The van der Waals surface area contributed by atoms with Crippen molar-refractivity contribution in [2.75, 3.05) is 10.6 Å². The van der Waals surface area contributed by atoms with E-state index < -0.39 is 11.9 Å². The Hall–Kier alpha value is -3.97. The molecule has 32 heavy (non-hydrogen) atoms. The zero-order valence-corrected chi connectivity index (χ0v) is 18.0. The molecule has 0 radical (unpaired) electrons. The summed E-state index contributed by atoms with van der Waals surface area (Å²) in [7, 11) is 0. The molecule has 164 valence electrons. The van der Waals surface area contributed by atoms with Crippen LogP contribution in [0.4, 0.5) is 11.4 Å². The molecule has 0 saturated carbocycles.